The summed E-state index contributed by atoms with van der Waals surface area (Å²) in [5.41, 5.74) is -0.146. The van der Waals surface area contributed by atoms with Crippen LogP contribution in [-0.2, 0) is 22.2 Å². The van der Waals surface area contributed by atoms with E-state index in [4.69, 9.17) is 18.0 Å². The number of rotatable bonds is 10. The van der Waals surface area contributed by atoms with Gasteiger partial charge in [-0.1, -0.05) is 6.92 Å². The standard InChI is InChI=1S/C9H22O5SSi/c1-5-9(13-7-6-8-14-15)16(10-2,11-3)12-4/h9,15H,5-8H2,1-4H3. The highest BCUT2D eigenvalue weighted by Crippen LogP contribution is 2.18. The van der Waals surface area contributed by atoms with Crippen molar-refractivity contribution in [1.29, 1.82) is 0 Å². The SMILES string of the molecule is CCC(OCCCOS)[Si](OC)(OC)OC. The Labute approximate surface area is 104 Å². The van der Waals surface area contributed by atoms with E-state index in [-0.39, 0.29) is 5.73 Å². The number of thiol groups is 1. The minimum absolute atomic E-state index is 0.146. The Hall–Kier alpha value is 0.367. The third kappa shape index (κ3) is 4.70. The minimum atomic E-state index is -2.69. The maximum Gasteiger partial charge on any atom is 0.530 e. The van der Waals surface area contributed by atoms with Crippen molar-refractivity contribution in [3.05, 3.63) is 0 Å². The summed E-state index contributed by atoms with van der Waals surface area (Å²) < 4.78 is 26.5. The molecule has 0 heterocycles. The van der Waals surface area contributed by atoms with Gasteiger partial charge in [0, 0.05) is 27.9 Å². The Kier molecular flexibility index (Phi) is 9.62. The summed E-state index contributed by atoms with van der Waals surface area (Å²) in [6, 6.07) is 0. The maximum atomic E-state index is 5.70. The van der Waals surface area contributed by atoms with E-state index < -0.39 is 8.80 Å². The Balaban J connectivity index is 4.21. The third-order valence-electron chi connectivity index (χ3n) is 2.32. The zero-order chi connectivity index (χ0) is 12.4. The van der Waals surface area contributed by atoms with Crippen LogP contribution in [0.5, 0.6) is 0 Å². The summed E-state index contributed by atoms with van der Waals surface area (Å²) in [6.45, 7) is 3.14. The molecule has 7 heteroatoms. The number of ether oxygens (including phenoxy) is 1. The smallest absolute Gasteiger partial charge is 0.375 e. The van der Waals surface area contributed by atoms with Gasteiger partial charge in [0.1, 0.15) is 5.73 Å². The molecule has 0 aliphatic carbocycles. The Morgan fingerprint density at radius 2 is 1.62 bits per heavy atom. The molecule has 0 aliphatic heterocycles. The molecule has 0 aliphatic rings. The van der Waals surface area contributed by atoms with E-state index >= 15 is 0 Å². The molecular formula is C9H22O5SSi. The van der Waals surface area contributed by atoms with Crippen LogP contribution in [0.25, 0.3) is 0 Å². The van der Waals surface area contributed by atoms with Crippen LogP contribution in [0.15, 0.2) is 0 Å². The fourth-order valence-electron chi connectivity index (χ4n) is 1.46. The maximum absolute atomic E-state index is 5.70. The predicted molar refractivity (Wildman–Crippen MR) is 66.4 cm³/mol. The summed E-state index contributed by atoms with van der Waals surface area (Å²) in [5, 5.41) is 0. The lowest BCUT2D eigenvalue weighted by Crippen LogP contribution is -2.55. The summed E-state index contributed by atoms with van der Waals surface area (Å²) in [5.74, 6) is 0. The van der Waals surface area contributed by atoms with Crippen LogP contribution in [0.4, 0.5) is 0 Å². The largest absolute Gasteiger partial charge is 0.530 e. The van der Waals surface area contributed by atoms with Gasteiger partial charge in [-0.25, -0.2) is 0 Å². The fraction of sp³-hybridized carbons (Fsp3) is 1.00. The van der Waals surface area contributed by atoms with E-state index in [0.29, 0.717) is 13.2 Å². The first-order valence-electron chi connectivity index (χ1n) is 5.24. The lowest BCUT2D eigenvalue weighted by molar-refractivity contribution is 0.00863. The van der Waals surface area contributed by atoms with E-state index in [1.54, 1.807) is 21.3 Å². The average Bonchev–Trinajstić information content (AvgIpc) is 2.34. The molecule has 0 saturated heterocycles. The molecule has 0 radical (unpaired) electrons. The number of hydrogen-bond acceptors (Lipinski definition) is 6. The van der Waals surface area contributed by atoms with Crippen molar-refractivity contribution in [2.24, 2.45) is 0 Å². The lowest BCUT2D eigenvalue weighted by atomic mass is 10.5. The van der Waals surface area contributed by atoms with Crippen LogP contribution in [0.1, 0.15) is 19.8 Å². The van der Waals surface area contributed by atoms with Gasteiger partial charge in [0.15, 0.2) is 0 Å². The fourth-order valence-corrected chi connectivity index (χ4v) is 3.70. The van der Waals surface area contributed by atoms with E-state index in [1.807, 2.05) is 6.92 Å². The highest BCUT2D eigenvalue weighted by Gasteiger charge is 2.47. The van der Waals surface area contributed by atoms with E-state index in [1.165, 1.54) is 0 Å². The van der Waals surface area contributed by atoms with Crippen LogP contribution in [-0.4, -0.2) is 49.1 Å². The first-order chi connectivity index (χ1) is 7.70. The molecule has 0 N–H and O–H groups in total. The monoisotopic (exact) mass is 270 g/mol. The van der Waals surface area contributed by atoms with Gasteiger partial charge in [-0.2, -0.15) is 0 Å². The molecular weight excluding hydrogens is 248 g/mol. The highest BCUT2D eigenvalue weighted by atomic mass is 32.1. The van der Waals surface area contributed by atoms with Gasteiger partial charge in [-0.05, 0) is 25.8 Å². The van der Waals surface area contributed by atoms with Crippen LogP contribution in [0, 0.1) is 0 Å². The second-order valence-electron chi connectivity index (χ2n) is 3.17. The van der Waals surface area contributed by atoms with Crippen molar-refractivity contribution < 1.29 is 22.2 Å². The second kappa shape index (κ2) is 9.40. The molecule has 0 saturated carbocycles. The minimum Gasteiger partial charge on any atom is -0.375 e. The predicted octanol–water partition coefficient (Wildman–Crippen LogP) is 1.45. The van der Waals surface area contributed by atoms with Gasteiger partial charge in [-0.3, -0.25) is 0 Å². The molecule has 0 aromatic rings. The molecule has 5 nitrogen and oxygen atoms in total. The van der Waals surface area contributed by atoms with Gasteiger partial charge in [0.25, 0.3) is 0 Å². The molecule has 16 heavy (non-hydrogen) atoms. The van der Waals surface area contributed by atoms with Gasteiger partial charge >= 0.3 is 8.80 Å². The van der Waals surface area contributed by atoms with Crippen LogP contribution in [0.2, 0.25) is 0 Å². The van der Waals surface area contributed by atoms with Gasteiger partial charge < -0.3 is 22.2 Å². The van der Waals surface area contributed by atoms with Crippen molar-refractivity contribution in [3.8, 4) is 0 Å². The van der Waals surface area contributed by atoms with Crippen LogP contribution >= 0.6 is 12.9 Å². The molecule has 0 aromatic heterocycles. The van der Waals surface area contributed by atoms with Crippen molar-refractivity contribution in [2.75, 3.05) is 34.5 Å². The number of hydrogen-bond donors (Lipinski definition) is 1. The second-order valence-corrected chi connectivity index (χ2v) is 6.50. The van der Waals surface area contributed by atoms with Crippen LogP contribution < -0.4 is 0 Å². The van der Waals surface area contributed by atoms with Gasteiger partial charge in [0.2, 0.25) is 0 Å². The van der Waals surface area contributed by atoms with E-state index in [9.17, 15) is 0 Å². The third-order valence-corrected chi connectivity index (χ3v) is 5.57. The summed E-state index contributed by atoms with van der Waals surface area (Å²) >= 11 is 3.66. The summed E-state index contributed by atoms with van der Waals surface area (Å²) in [6.07, 6.45) is 1.56. The van der Waals surface area contributed by atoms with E-state index in [2.05, 4.69) is 17.1 Å². The quantitative estimate of drug-likeness (QED) is 0.282. The Morgan fingerprint density at radius 3 is 2.00 bits per heavy atom. The summed E-state index contributed by atoms with van der Waals surface area (Å²) in [4.78, 5) is 0. The van der Waals surface area contributed by atoms with Crippen molar-refractivity contribution in [3.63, 3.8) is 0 Å². The molecule has 98 valence electrons. The first kappa shape index (κ1) is 16.4. The lowest BCUT2D eigenvalue weighted by Gasteiger charge is -2.31. The molecule has 0 fully saturated rings. The molecule has 0 spiro atoms. The highest BCUT2D eigenvalue weighted by molar-refractivity contribution is 7.75. The van der Waals surface area contributed by atoms with Crippen molar-refractivity contribution >= 4 is 21.7 Å². The van der Waals surface area contributed by atoms with Crippen molar-refractivity contribution in [1.82, 2.24) is 0 Å². The zero-order valence-electron chi connectivity index (χ0n) is 10.4. The topological polar surface area (TPSA) is 46.2 Å². The molecule has 1 atom stereocenters. The van der Waals surface area contributed by atoms with E-state index in [0.717, 1.165) is 12.8 Å². The Morgan fingerprint density at radius 1 is 1.06 bits per heavy atom. The summed E-state index contributed by atoms with van der Waals surface area (Å²) in [7, 11) is 2.07. The molecule has 0 amide bonds. The van der Waals surface area contributed by atoms with Crippen LogP contribution in [0.3, 0.4) is 0 Å². The molecule has 0 aromatic carbocycles. The zero-order valence-corrected chi connectivity index (χ0v) is 12.3. The molecule has 1 unspecified atom stereocenters. The molecule has 0 rings (SSSR count). The van der Waals surface area contributed by atoms with Gasteiger partial charge in [0.05, 0.1) is 6.61 Å². The first-order valence-corrected chi connectivity index (χ1v) is 7.40. The van der Waals surface area contributed by atoms with Gasteiger partial charge in [-0.15, -0.1) is 0 Å². The average molecular weight is 270 g/mol. The molecule has 0 bridgehead atoms. The van der Waals surface area contributed by atoms with Crippen molar-refractivity contribution in [2.45, 2.75) is 25.5 Å². The Bertz CT molecular complexity index is 160. The normalized spacial score (nSPS) is 14.1.